The van der Waals surface area contributed by atoms with Crippen LogP contribution in [-0.4, -0.2) is 24.4 Å². The number of thiophene rings is 1. The van der Waals surface area contributed by atoms with Crippen LogP contribution in [0, 0.1) is 11.3 Å². The predicted molar refractivity (Wildman–Crippen MR) is 94.6 cm³/mol. The van der Waals surface area contributed by atoms with Crippen molar-refractivity contribution < 1.29 is 14.3 Å². The fourth-order valence-corrected chi connectivity index (χ4v) is 3.99. The van der Waals surface area contributed by atoms with Crippen molar-refractivity contribution in [2.24, 2.45) is 11.3 Å². The summed E-state index contributed by atoms with van der Waals surface area (Å²) in [6.45, 7) is 8.77. The van der Waals surface area contributed by atoms with Crippen LogP contribution >= 0.6 is 22.9 Å². The number of ether oxygens (including phenoxy) is 1. The summed E-state index contributed by atoms with van der Waals surface area (Å²) in [5.74, 6) is -0.513. The van der Waals surface area contributed by atoms with Gasteiger partial charge in [-0.25, -0.2) is 4.79 Å². The van der Waals surface area contributed by atoms with Crippen LogP contribution in [0.2, 0.25) is 0 Å². The first-order valence-electron chi connectivity index (χ1n) is 7.91. The van der Waals surface area contributed by atoms with Crippen LogP contribution in [0.15, 0.2) is 0 Å². The molecule has 0 bridgehead atoms. The number of halogens is 1. The van der Waals surface area contributed by atoms with E-state index in [0.29, 0.717) is 17.2 Å². The van der Waals surface area contributed by atoms with Gasteiger partial charge in [0.05, 0.1) is 12.2 Å². The van der Waals surface area contributed by atoms with E-state index in [0.717, 1.165) is 24.8 Å². The molecule has 0 fully saturated rings. The quantitative estimate of drug-likeness (QED) is 0.633. The zero-order valence-electron chi connectivity index (χ0n) is 14.1. The van der Waals surface area contributed by atoms with Crippen molar-refractivity contribution in [3.05, 3.63) is 16.0 Å². The average Bonchev–Trinajstić information content (AvgIpc) is 2.80. The molecule has 0 aromatic carbocycles. The number of carbonyl (C=O) groups excluding carboxylic acids is 2. The van der Waals surface area contributed by atoms with E-state index in [1.807, 2.05) is 13.8 Å². The molecule has 1 aromatic heterocycles. The van der Waals surface area contributed by atoms with Crippen LogP contribution in [-0.2, 0) is 22.4 Å². The maximum atomic E-state index is 12.6. The van der Waals surface area contributed by atoms with Crippen molar-refractivity contribution in [3.63, 3.8) is 0 Å². The van der Waals surface area contributed by atoms with Crippen LogP contribution in [0.4, 0.5) is 5.00 Å². The van der Waals surface area contributed by atoms with Gasteiger partial charge in [-0.3, -0.25) is 4.79 Å². The fourth-order valence-electron chi connectivity index (χ4n) is 2.70. The maximum Gasteiger partial charge on any atom is 0.341 e. The van der Waals surface area contributed by atoms with Crippen LogP contribution in [0.5, 0.6) is 0 Å². The lowest BCUT2D eigenvalue weighted by Crippen LogP contribution is -2.23. The smallest absolute Gasteiger partial charge is 0.341 e. The molecule has 1 aromatic rings. The fraction of sp³-hybridized carbons (Fsp3) is 0.647. The van der Waals surface area contributed by atoms with Gasteiger partial charge >= 0.3 is 5.97 Å². The molecule has 0 unspecified atom stereocenters. The summed E-state index contributed by atoms with van der Waals surface area (Å²) in [5, 5.41) is 3.34. The Hall–Kier alpha value is -1.07. The van der Waals surface area contributed by atoms with Gasteiger partial charge in [0.2, 0.25) is 5.91 Å². The molecule has 1 aliphatic carbocycles. The molecule has 0 radical (unpaired) electrons. The number of esters is 1. The van der Waals surface area contributed by atoms with Gasteiger partial charge in [-0.1, -0.05) is 27.7 Å². The zero-order valence-corrected chi connectivity index (χ0v) is 15.7. The highest BCUT2D eigenvalue weighted by Crippen LogP contribution is 2.44. The minimum Gasteiger partial charge on any atom is -0.462 e. The number of aryl methyl sites for hydroxylation is 1. The number of hydrogen-bond donors (Lipinski definition) is 1. The predicted octanol–water partition coefficient (Wildman–Crippen LogP) is 4.25. The largest absolute Gasteiger partial charge is 0.462 e. The first kappa shape index (κ1) is 18.3. The first-order valence-corrected chi connectivity index (χ1v) is 9.26. The minimum atomic E-state index is -0.348. The Kier molecular flexibility index (Phi) is 5.74. The van der Waals surface area contributed by atoms with Crippen molar-refractivity contribution >= 4 is 39.8 Å². The number of nitrogens with one attached hydrogen (secondary N) is 1. The average molecular weight is 358 g/mol. The third-order valence-corrected chi connectivity index (χ3v) is 5.35. The highest BCUT2D eigenvalue weighted by Gasteiger charge is 2.33. The standard InChI is InChI=1S/C17H24ClNO3S/c1-10(2)9-22-16(21)14-11-7-17(3,4)6-5-12(11)23-15(14)19-13(20)8-18/h10H,5-9H2,1-4H3,(H,19,20). The Balaban J connectivity index is 2.37. The number of amides is 1. The van der Waals surface area contributed by atoms with Gasteiger partial charge in [0.25, 0.3) is 0 Å². The molecule has 0 saturated heterocycles. The van der Waals surface area contributed by atoms with Crippen molar-refractivity contribution in [1.29, 1.82) is 0 Å². The molecule has 6 heteroatoms. The Morgan fingerprint density at radius 1 is 1.39 bits per heavy atom. The van der Waals surface area contributed by atoms with Crippen LogP contribution in [0.1, 0.15) is 54.9 Å². The molecule has 0 spiro atoms. The third kappa shape index (κ3) is 4.48. The van der Waals surface area contributed by atoms with Crippen LogP contribution in [0.25, 0.3) is 0 Å². The van der Waals surface area contributed by atoms with Gasteiger partial charge in [-0.05, 0) is 36.2 Å². The molecular weight excluding hydrogens is 334 g/mol. The van der Waals surface area contributed by atoms with Crippen molar-refractivity contribution in [2.75, 3.05) is 17.8 Å². The minimum absolute atomic E-state index is 0.130. The van der Waals surface area contributed by atoms with E-state index in [2.05, 4.69) is 19.2 Å². The molecule has 1 N–H and O–H groups in total. The van der Waals surface area contributed by atoms with E-state index in [9.17, 15) is 9.59 Å². The topological polar surface area (TPSA) is 55.4 Å². The molecule has 1 aliphatic rings. The van der Waals surface area contributed by atoms with Gasteiger partial charge < -0.3 is 10.1 Å². The number of anilines is 1. The first-order chi connectivity index (χ1) is 10.7. The summed E-state index contributed by atoms with van der Waals surface area (Å²) < 4.78 is 5.42. The second-order valence-electron chi connectivity index (χ2n) is 7.22. The number of fused-ring (bicyclic) bond motifs is 1. The molecule has 23 heavy (non-hydrogen) atoms. The molecule has 2 rings (SSSR count). The van der Waals surface area contributed by atoms with Crippen molar-refractivity contribution in [2.45, 2.75) is 47.0 Å². The van der Waals surface area contributed by atoms with Gasteiger partial charge in [0.1, 0.15) is 10.9 Å². The Morgan fingerprint density at radius 3 is 2.70 bits per heavy atom. The Bertz CT molecular complexity index is 607. The maximum absolute atomic E-state index is 12.6. The van der Waals surface area contributed by atoms with Gasteiger partial charge in [-0.15, -0.1) is 22.9 Å². The lowest BCUT2D eigenvalue weighted by atomic mass is 9.76. The number of carbonyl (C=O) groups is 2. The van der Waals surface area contributed by atoms with E-state index < -0.39 is 0 Å². The molecule has 0 aliphatic heterocycles. The Labute approximate surface area is 146 Å². The molecular formula is C17H24ClNO3S. The van der Waals surface area contributed by atoms with Crippen LogP contribution < -0.4 is 5.32 Å². The second kappa shape index (κ2) is 7.22. The van der Waals surface area contributed by atoms with Crippen molar-refractivity contribution in [3.8, 4) is 0 Å². The Morgan fingerprint density at radius 2 is 2.09 bits per heavy atom. The molecule has 128 valence electrons. The lowest BCUT2D eigenvalue weighted by molar-refractivity contribution is -0.113. The number of alkyl halides is 1. The zero-order chi connectivity index (χ0) is 17.2. The highest BCUT2D eigenvalue weighted by atomic mass is 35.5. The van der Waals surface area contributed by atoms with E-state index >= 15 is 0 Å². The van der Waals surface area contributed by atoms with Crippen LogP contribution in [0.3, 0.4) is 0 Å². The summed E-state index contributed by atoms with van der Waals surface area (Å²) in [6, 6.07) is 0. The van der Waals surface area contributed by atoms with E-state index in [1.165, 1.54) is 16.2 Å². The summed E-state index contributed by atoms with van der Waals surface area (Å²) in [6.07, 6.45) is 2.82. The molecule has 0 atom stereocenters. The monoisotopic (exact) mass is 357 g/mol. The van der Waals surface area contributed by atoms with E-state index in [4.69, 9.17) is 16.3 Å². The van der Waals surface area contributed by atoms with Gasteiger partial charge in [-0.2, -0.15) is 0 Å². The summed E-state index contributed by atoms with van der Waals surface area (Å²) in [7, 11) is 0. The van der Waals surface area contributed by atoms with E-state index in [1.54, 1.807) is 0 Å². The summed E-state index contributed by atoms with van der Waals surface area (Å²) >= 11 is 7.06. The number of hydrogen-bond acceptors (Lipinski definition) is 4. The summed E-state index contributed by atoms with van der Waals surface area (Å²) in [4.78, 5) is 25.4. The highest BCUT2D eigenvalue weighted by molar-refractivity contribution is 7.17. The number of rotatable bonds is 5. The molecule has 1 amide bonds. The van der Waals surface area contributed by atoms with Gasteiger partial charge in [0, 0.05) is 4.88 Å². The normalized spacial score (nSPS) is 16.1. The SMILES string of the molecule is CC(C)COC(=O)c1c(NC(=O)CCl)sc2c1CC(C)(C)CC2. The lowest BCUT2D eigenvalue weighted by Gasteiger charge is -2.29. The molecule has 0 saturated carbocycles. The second-order valence-corrected chi connectivity index (χ2v) is 8.60. The summed E-state index contributed by atoms with van der Waals surface area (Å²) in [5.41, 5.74) is 1.70. The molecule has 4 nitrogen and oxygen atoms in total. The van der Waals surface area contributed by atoms with Gasteiger partial charge in [0.15, 0.2) is 0 Å². The molecule has 1 heterocycles. The van der Waals surface area contributed by atoms with E-state index in [-0.39, 0.29) is 29.1 Å². The third-order valence-electron chi connectivity index (χ3n) is 3.90. The van der Waals surface area contributed by atoms with Crippen molar-refractivity contribution in [1.82, 2.24) is 0 Å².